The molecule has 2 saturated heterocycles. The fourth-order valence-corrected chi connectivity index (χ4v) is 5.17. The lowest BCUT2D eigenvalue weighted by Gasteiger charge is -2.22. The molecule has 2 aliphatic heterocycles. The molecular formula is C32H36BNO8. The van der Waals surface area contributed by atoms with E-state index in [9.17, 15) is 9.59 Å². The van der Waals surface area contributed by atoms with Crippen molar-refractivity contribution in [3.05, 3.63) is 77.4 Å². The van der Waals surface area contributed by atoms with Crippen molar-refractivity contribution in [1.82, 2.24) is 4.90 Å². The number of ether oxygens (including phenoxy) is 4. The van der Waals surface area contributed by atoms with Gasteiger partial charge < -0.3 is 28.3 Å². The van der Waals surface area contributed by atoms with E-state index in [1.54, 1.807) is 36.2 Å². The molecule has 3 aromatic rings. The molecule has 0 bridgehead atoms. The van der Waals surface area contributed by atoms with Gasteiger partial charge in [-0.15, -0.1) is 0 Å². The highest BCUT2D eigenvalue weighted by molar-refractivity contribution is 6.64. The Morgan fingerprint density at radius 1 is 0.905 bits per heavy atom. The quantitative estimate of drug-likeness (QED) is 0.373. The Bertz CT molecular complexity index is 1400. The normalized spacial score (nSPS) is 19.1. The summed E-state index contributed by atoms with van der Waals surface area (Å²) in [4.78, 5) is 25.7. The lowest BCUT2D eigenvalue weighted by atomic mass is 9.78. The Kier molecular flexibility index (Phi) is 8.87. The van der Waals surface area contributed by atoms with Gasteiger partial charge in [0.25, 0.3) is 0 Å². The van der Waals surface area contributed by atoms with E-state index in [0.717, 1.165) is 33.6 Å². The van der Waals surface area contributed by atoms with Crippen LogP contribution in [0, 0.1) is 13.8 Å². The standard InChI is InChI=1S/C32H36BNO8/c1-21-13-27(38-19-28-20-39-32(3,4)40-28)14-22(2)31(21)24-8-6-7-23(15-24)18-37-26-11-9-25(10-12-26)33-41-29(35)16-34(5)17-30(36)42-33/h6-15,28H,16-20H2,1-5H3/t28-/m0/s1. The summed E-state index contributed by atoms with van der Waals surface area (Å²) < 4.78 is 34.2. The topological polar surface area (TPSA) is 92.8 Å². The van der Waals surface area contributed by atoms with Gasteiger partial charge >= 0.3 is 19.1 Å². The molecule has 0 spiro atoms. The van der Waals surface area contributed by atoms with Crippen molar-refractivity contribution < 1.29 is 37.8 Å². The average Bonchev–Trinajstić information content (AvgIpc) is 3.28. The van der Waals surface area contributed by atoms with Crippen LogP contribution in [0.25, 0.3) is 11.1 Å². The van der Waals surface area contributed by atoms with Crippen molar-refractivity contribution in [2.75, 3.05) is 33.4 Å². The number of aryl methyl sites for hydroxylation is 2. The van der Waals surface area contributed by atoms with Crippen LogP contribution < -0.4 is 14.9 Å². The molecule has 42 heavy (non-hydrogen) atoms. The number of likely N-dealkylation sites (N-methyl/N-ethyl adjacent to an activating group) is 1. The fraction of sp³-hybridized carbons (Fsp3) is 0.375. The van der Waals surface area contributed by atoms with Crippen molar-refractivity contribution >= 4 is 24.5 Å². The van der Waals surface area contributed by atoms with Gasteiger partial charge in [-0.05, 0) is 92.9 Å². The van der Waals surface area contributed by atoms with Gasteiger partial charge in [0.05, 0.1) is 19.7 Å². The summed E-state index contributed by atoms with van der Waals surface area (Å²) in [5.74, 6) is -0.0371. The monoisotopic (exact) mass is 573 g/mol. The molecule has 3 aromatic carbocycles. The van der Waals surface area contributed by atoms with Crippen molar-refractivity contribution in [3.8, 4) is 22.6 Å². The molecule has 2 heterocycles. The van der Waals surface area contributed by atoms with Crippen LogP contribution in [-0.4, -0.2) is 69.2 Å². The predicted molar refractivity (Wildman–Crippen MR) is 158 cm³/mol. The van der Waals surface area contributed by atoms with Crippen molar-refractivity contribution in [3.63, 3.8) is 0 Å². The molecule has 2 aliphatic rings. The number of hydrogen-bond donors (Lipinski definition) is 0. The lowest BCUT2D eigenvalue weighted by Crippen LogP contribution is -2.47. The maximum absolute atomic E-state index is 12.1. The van der Waals surface area contributed by atoms with E-state index in [1.807, 2.05) is 26.0 Å². The van der Waals surface area contributed by atoms with Gasteiger partial charge in [-0.2, -0.15) is 0 Å². The first kappa shape index (κ1) is 29.6. The number of carbonyl (C=O) groups is 2. The molecule has 0 aliphatic carbocycles. The second-order valence-electron chi connectivity index (χ2n) is 11.2. The summed E-state index contributed by atoms with van der Waals surface area (Å²) in [5.41, 5.74) is 6.06. The summed E-state index contributed by atoms with van der Waals surface area (Å²) in [7, 11) is 0.577. The molecule has 0 radical (unpaired) electrons. The zero-order valence-electron chi connectivity index (χ0n) is 24.7. The third-order valence-corrected chi connectivity index (χ3v) is 7.06. The number of benzene rings is 3. The van der Waals surface area contributed by atoms with Gasteiger partial charge in [-0.1, -0.05) is 30.3 Å². The smallest absolute Gasteiger partial charge is 0.494 e. The summed E-state index contributed by atoms with van der Waals surface area (Å²) in [6.07, 6.45) is -0.0908. The summed E-state index contributed by atoms with van der Waals surface area (Å²) >= 11 is 0. The van der Waals surface area contributed by atoms with E-state index >= 15 is 0 Å². The average molecular weight is 573 g/mol. The van der Waals surface area contributed by atoms with Gasteiger partial charge in [0.15, 0.2) is 5.79 Å². The number of nitrogens with zero attached hydrogens (tertiary/aromatic N) is 1. The summed E-state index contributed by atoms with van der Waals surface area (Å²) in [6.45, 7) is 9.34. The highest BCUT2D eigenvalue weighted by atomic mass is 16.7. The first-order valence-corrected chi connectivity index (χ1v) is 14.0. The van der Waals surface area contributed by atoms with Crippen LogP contribution >= 0.6 is 0 Å². The van der Waals surface area contributed by atoms with Crippen LogP contribution in [0.3, 0.4) is 0 Å². The molecule has 0 aromatic heterocycles. The maximum Gasteiger partial charge on any atom is 0.636 e. The molecular weight excluding hydrogens is 537 g/mol. The SMILES string of the molecule is Cc1cc(OC[C@H]2COC(C)(C)O2)cc(C)c1-c1cccc(COc2ccc(B3OC(=O)CN(C)CC(=O)O3)cc2)c1. The van der Waals surface area contributed by atoms with Crippen molar-refractivity contribution in [1.29, 1.82) is 0 Å². The Hall–Kier alpha value is -3.86. The Labute approximate surface area is 246 Å². The Balaban J connectivity index is 1.21. The maximum atomic E-state index is 12.1. The molecule has 0 amide bonds. The molecule has 9 nitrogen and oxygen atoms in total. The first-order chi connectivity index (χ1) is 20.0. The minimum Gasteiger partial charge on any atom is -0.494 e. The molecule has 1 atom stereocenters. The zero-order valence-corrected chi connectivity index (χ0v) is 24.7. The van der Waals surface area contributed by atoms with Gasteiger partial charge in [0, 0.05) is 5.46 Å². The minimum atomic E-state index is -1.08. The van der Waals surface area contributed by atoms with Gasteiger partial charge in [0.2, 0.25) is 0 Å². The second-order valence-corrected chi connectivity index (χ2v) is 11.2. The van der Waals surface area contributed by atoms with Crippen molar-refractivity contribution in [2.24, 2.45) is 0 Å². The van der Waals surface area contributed by atoms with Crippen LogP contribution in [0.4, 0.5) is 0 Å². The molecule has 5 rings (SSSR count). The third kappa shape index (κ3) is 7.50. The van der Waals surface area contributed by atoms with Gasteiger partial charge in [-0.25, -0.2) is 0 Å². The van der Waals surface area contributed by atoms with Gasteiger partial charge in [-0.3, -0.25) is 14.5 Å². The highest BCUT2D eigenvalue weighted by Gasteiger charge is 2.34. The van der Waals surface area contributed by atoms with E-state index in [0.29, 0.717) is 31.0 Å². The molecule has 0 unspecified atom stereocenters. The molecule has 0 saturated carbocycles. The Morgan fingerprint density at radius 2 is 1.57 bits per heavy atom. The molecule has 220 valence electrons. The van der Waals surface area contributed by atoms with Crippen LogP contribution in [0.1, 0.15) is 30.5 Å². The first-order valence-electron chi connectivity index (χ1n) is 14.0. The van der Waals surface area contributed by atoms with Crippen LogP contribution in [-0.2, 0) is 35.0 Å². The molecule has 10 heteroatoms. The molecule has 2 fully saturated rings. The number of hydrogen-bond acceptors (Lipinski definition) is 9. The van der Waals surface area contributed by atoms with E-state index < -0.39 is 24.8 Å². The lowest BCUT2D eigenvalue weighted by molar-refractivity contribution is -0.145. The molecule has 0 N–H and O–H groups in total. The fourth-order valence-electron chi connectivity index (χ4n) is 5.17. The summed E-state index contributed by atoms with van der Waals surface area (Å²) in [5, 5.41) is 0. The zero-order chi connectivity index (χ0) is 29.9. The van der Waals surface area contributed by atoms with Crippen LogP contribution in [0.5, 0.6) is 11.5 Å². The Morgan fingerprint density at radius 3 is 2.19 bits per heavy atom. The summed E-state index contributed by atoms with van der Waals surface area (Å²) in [6, 6.07) is 19.4. The van der Waals surface area contributed by atoms with Gasteiger partial charge in [0.1, 0.15) is 30.8 Å². The highest BCUT2D eigenvalue weighted by Crippen LogP contribution is 2.32. The van der Waals surface area contributed by atoms with E-state index in [1.165, 1.54) is 0 Å². The van der Waals surface area contributed by atoms with E-state index in [4.69, 9.17) is 28.3 Å². The van der Waals surface area contributed by atoms with Crippen LogP contribution in [0.2, 0.25) is 0 Å². The predicted octanol–water partition coefficient (Wildman–Crippen LogP) is 3.81. The van der Waals surface area contributed by atoms with Crippen molar-refractivity contribution in [2.45, 2.75) is 46.2 Å². The number of carbonyl (C=O) groups excluding carboxylic acids is 2. The minimum absolute atomic E-state index is 0.0210. The van der Waals surface area contributed by atoms with E-state index in [-0.39, 0.29) is 19.2 Å². The van der Waals surface area contributed by atoms with E-state index in [2.05, 4.69) is 38.1 Å². The number of rotatable bonds is 8. The second kappa shape index (κ2) is 12.6. The third-order valence-electron chi connectivity index (χ3n) is 7.06. The largest absolute Gasteiger partial charge is 0.636 e. The van der Waals surface area contributed by atoms with Crippen LogP contribution in [0.15, 0.2) is 60.7 Å².